The van der Waals surface area contributed by atoms with Crippen molar-refractivity contribution in [1.29, 1.82) is 0 Å². The lowest BCUT2D eigenvalue weighted by atomic mass is 10.1. The third kappa shape index (κ3) is 3.05. The average molecular weight is 284 g/mol. The van der Waals surface area contributed by atoms with Crippen LogP contribution in [0.5, 0.6) is 0 Å². The van der Waals surface area contributed by atoms with Gasteiger partial charge in [0.15, 0.2) is 0 Å². The van der Waals surface area contributed by atoms with Crippen LogP contribution < -0.4 is 5.32 Å². The van der Waals surface area contributed by atoms with Crippen LogP contribution in [-0.2, 0) is 13.6 Å². The Bertz CT molecular complexity index is 520. The number of nitrogens with zero attached hydrogens (tertiary/aromatic N) is 2. The van der Waals surface area contributed by atoms with Crippen LogP contribution in [0, 0.1) is 0 Å². The first kappa shape index (κ1) is 13.4. The first-order valence-corrected chi connectivity index (χ1v) is 6.48. The minimum absolute atomic E-state index is 0.234. The molecule has 0 spiro atoms. The molecular formula is C13H15Cl2N3. The summed E-state index contributed by atoms with van der Waals surface area (Å²) in [6, 6.07) is 8.06. The van der Waals surface area contributed by atoms with Gasteiger partial charge in [-0.2, -0.15) is 0 Å². The number of hydrogen-bond donors (Lipinski definition) is 1. The lowest BCUT2D eigenvalue weighted by Gasteiger charge is -2.14. The highest BCUT2D eigenvalue weighted by Gasteiger charge is 2.08. The summed E-state index contributed by atoms with van der Waals surface area (Å²) < 4.78 is 1.86. The van der Waals surface area contributed by atoms with Crippen LogP contribution in [0.2, 0.25) is 10.2 Å². The molecule has 0 saturated carbocycles. The van der Waals surface area contributed by atoms with E-state index in [4.69, 9.17) is 23.2 Å². The molecule has 1 aromatic heterocycles. The third-order valence-corrected chi connectivity index (χ3v) is 3.57. The molecule has 5 heteroatoms. The van der Waals surface area contributed by atoms with Gasteiger partial charge in [0.25, 0.3) is 0 Å². The van der Waals surface area contributed by atoms with Crippen LogP contribution in [-0.4, -0.2) is 9.55 Å². The number of nitrogens with one attached hydrogen (secondary N) is 1. The number of imidazole rings is 1. The molecule has 0 aliphatic rings. The molecular weight excluding hydrogens is 269 g/mol. The summed E-state index contributed by atoms with van der Waals surface area (Å²) >= 11 is 11.8. The van der Waals surface area contributed by atoms with E-state index in [0.29, 0.717) is 11.7 Å². The minimum atomic E-state index is 0.234. The molecule has 0 bridgehead atoms. The fraction of sp³-hybridized carbons (Fsp3) is 0.308. The van der Waals surface area contributed by atoms with Crippen molar-refractivity contribution in [3.8, 4) is 0 Å². The molecule has 2 rings (SSSR count). The molecule has 0 amide bonds. The SMILES string of the molecule is C[C@H](NCc1ncc(Cl)n1C)c1ccc(Cl)cc1. The zero-order valence-corrected chi connectivity index (χ0v) is 11.8. The largest absolute Gasteiger partial charge is 0.321 e. The fourth-order valence-electron chi connectivity index (χ4n) is 1.70. The van der Waals surface area contributed by atoms with Crippen molar-refractivity contribution < 1.29 is 0 Å². The van der Waals surface area contributed by atoms with Crippen molar-refractivity contribution in [2.24, 2.45) is 7.05 Å². The van der Waals surface area contributed by atoms with E-state index in [1.807, 2.05) is 35.9 Å². The topological polar surface area (TPSA) is 29.9 Å². The zero-order chi connectivity index (χ0) is 13.1. The molecule has 1 atom stereocenters. The third-order valence-electron chi connectivity index (χ3n) is 2.96. The smallest absolute Gasteiger partial charge is 0.128 e. The van der Waals surface area contributed by atoms with Gasteiger partial charge in [-0.3, -0.25) is 0 Å². The molecule has 96 valence electrons. The lowest BCUT2D eigenvalue weighted by molar-refractivity contribution is 0.549. The van der Waals surface area contributed by atoms with E-state index >= 15 is 0 Å². The standard InChI is InChI=1S/C13H15Cl2N3/c1-9(10-3-5-11(14)6-4-10)16-8-13-17-7-12(15)18(13)2/h3-7,9,16H,8H2,1-2H3/t9-/m0/s1. The normalized spacial score (nSPS) is 12.7. The van der Waals surface area contributed by atoms with Gasteiger partial charge in [0.1, 0.15) is 11.0 Å². The molecule has 0 saturated heterocycles. The second kappa shape index (κ2) is 5.74. The lowest BCUT2D eigenvalue weighted by Crippen LogP contribution is -2.20. The summed E-state index contributed by atoms with van der Waals surface area (Å²) in [5.41, 5.74) is 1.19. The summed E-state index contributed by atoms with van der Waals surface area (Å²) in [6.45, 7) is 2.78. The van der Waals surface area contributed by atoms with Gasteiger partial charge in [-0.05, 0) is 24.6 Å². The van der Waals surface area contributed by atoms with Gasteiger partial charge in [-0.25, -0.2) is 4.98 Å². The Morgan fingerprint density at radius 2 is 1.94 bits per heavy atom. The van der Waals surface area contributed by atoms with Gasteiger partial charge in [0.05, 0.1) is 12.7 Å². The summed E-state index contributed by atoms with van der Waals surface area (Å²) in [5.74, 6) is 0.917. The first-order valence-electron chi connectivity index (χ1n) is 5.73. The van der Waals surface area contributed by atoms with E-state index in [9.17, 15) is 0 Å². The Morgan fingerprint density at radius 3 is 2.50 bits per heavy atom. The number of aromatic nitrogens is 2. The van der Waals surface area contributed by atoms with Crippen LogP contribution >= 0.6 is 23.2 Å². The van der Waals surface area contributed by atoms with Gasteiger partial charge in [0, 0.05) is 18.1 Å². The number of benzene rings is 1. The van der Waals surface area contributed by atoms with Crippen molar-refractivity contribution >= 4 is 23.2 Å². The Labute approximate surface area is 117 Å². The number of halogens is 2. The van der Waals surface area contributed by atoms with Crippen LogP contribution in [0.1, 0.15) is 24.4 Å². The summed E-state index contributed by atoms with van der Waals surface area (Å²) in [7, 11) is 1.90. The molecule has 18 heavy (non-hydrogen) atoms. The van der Waals surface area contributed by atoms with Gasteiger partial charge < -0.3 is 9.88 Å². The average Bonchev–Trinajstić information content (AvgIpc) is 2.68. The summed E-state index contributed by atoms with van der Waals surface area (Å²) in [6.07, 6.45) is 1.66. The number of hydrogen-bond acceptors (Lipinski definition) is 2. The molecule has 1 N–H and O–H groups in total. The maximum absolute atomic E-state index is 5.94. The highest BCUT2D eigenvalue weighted by molar-refractivity contribution is 6.30. The maximum atomic E-state index is 5.94. The molecule has 0 fully saturated rings. The molecule has 0 aliphatic carbocycles. The van der Waals surface area contributed by atoms with Crippen molar-refractivity contribution in [2.75, 3.05) is 0 Å². The Kier molecular flexibility index (Phi) is 4.27. The predicted octanol–water partition coefficient (Wildman–Crippen LogP) is 3.58. The van der Waals surface area contributed by atoms with Crippen LogP contribution in [0.25, 0.3) is 0 Å². The van der Waals surface area contributed by atoms with Gasteiger partial charge in [0.2, 0.25) is 0 Å². The highest BCUT2D eigenvalue weighted by Crippen LogP contribution is 2.17. The van der Waals surface area contributed by atoms with Gasteiger partial charge in [-0.1, -0.05) is 35.3 Å². The molecule has 3 nitrogen and oxygen atoms in total. The Balaban J connectivity index is 1.98. The zero-order valence-electron chi connectivity index (χ0n) is 10.3. The second-order valence-corrected chi connectivity index (χ2v) is 5.03. The first-order chi connectivity index (χ1) is 8.58. The monoisotopic (exact) mass is 283 g/mol. The van der Waals surface area contributed by atoms with E-state index in [0.717, 1.165) is 10.8 Å². The molecule has 0 aliphatic heterocycles. The summed E-state index contributed by atoms with van der Waals surface area (Å²) in [4.78, 5) is 4.24. The van der Waals surface area contributed by atoms with E-state index in [2.05, 4.69) is 17.2 Å². The molecule has 2 aromatic rings. The van der Waals surface area contributed by atoms with E-state index in [-0.39, 0.29) is 6.04 Å². The fourth-order valence-corrected chi connectivity index (χ4v) is 1.97. The Morgan fingerprint density at radius 1 is 1.28 bits per heavy atom. The quantitative estimate of drug-likeness (QED) is 0.930. The number of rotatable bonds is 4. The molecule has 1 heterocycles. The molecule has 0 radical (unpaired) electrons. The van der Waals surface area contributed by atoms with E-state index in [1.165, 1.54) is 5.56 Å². The highest BCUT2D eigenvalue weighted by atomic mass is 35.5. The Hall–Kier alpha value is -1.03. The van der Waals surface area contributed by atoms with Crippen molar-refractivity contribution in [2.45, 2.75) is 19.5 Å². The second-order valence-electron chi connectivity index (χ2n) is 4.21. The maximum Gasteiger partial charge on any atom is 0.128 e. The molecule has 0 unspecified atom stereocenters. The van der Waals surface area contributed by atoms with E-state index in [1.54, 1.807) is 6.20 Å². The van der Waals surface area contributed by atoms with E-state index < -0.39 is 0 Å². The van der Waals surface area contributed by atoms with Crippen molar-refractivity contribution in [3.63, 3.8) is 0 Å². The summed E-state index contributed by atoms with van der Waals surface area (Å²) in [5, 5.41) is 4.80. The van der Waals surface area contributed by atoms with Crippen LogP contribution in [0.4, 0.5) is 0 Å². The minimum Gasteiger partial charge on any atom is -0.321 e. The van der Waals surface area contributed by atoms with Gasteiger partial charge >= 0.3 is 0 Å². The van der Waals surface area contributed by atoms with Crippen molar-refractivity contribution in [1.82, 2.24) is 14.9 Å². The van der Waals surface area contributed by atoms with Crippen LogP contribution in [0.3, 0.4) is 0 Å². The van der Waals surface area contributed by atoms with Crippen molar-refractivity contribution in [3.05, 3.63) is 52.0 Å². The predicted molar refractivity (Wildman–Crippen MR) is 74.9 cm³/mol. The van der Waals surface area contributed by atoms with Gasteiger partial charge in [-0.15, -0.1) is 0 Å². The van der Waals surface area contributed by atoms with Crippen LogP contribution in [0.15, 0.2) is 30.5 Å². The molecule has 1 aromatic carbocycles.